The van der Waals surface area contributed by atoms with Crippen molar-refractivity contribution in [1.29, 1.82) is 0 Å². The molecule has 2 aromatic carbocycles. The van der Waals surface area contributed by atoms with Crippen molar-refractivity contribution >= 4 is 32.4 Å². The third-order valence-corrected chi connectivity index (χ3v) is 8.23. The van der Waals surface area contributed by atoms with E-state index in [1.165, 1.54) is 16.4 Å². The Labute approximate surface area is 191 Å². The first-order valence-electron chi connectivity index (χ1n) is 11.0. The average Bonchev–Trinajstić information content (AvgIpc) is 3.29. The van der Waals surface area contributed by atoms with Crippen LogP contribution >= 0.6 is 0 Å². The highest BCUT2D eigenvalue weighted by atomic mass is 32.2. The number of imidazole rings is 1. The molecule has 1 aromatic heterocycles. The van der Waals surface area contributed by atoms with Crippen molar-refractivity contribution < 1.29 is 18.1 Å². The van der Waals surface area contributed by atoms with Gasteiger partial charge in [0, 0.05) is 44.2 Å². The van der Waals surface area contributed by atoms with Crippen molar-refractivity contribution in [3.05, 3.63) is 58.4 Å². The van der Waals surface area contributed by atoms with Gasteiger partial charge in [0.25, 0.3) is 5.69 Å². The summed E-state index contributed by atoms with van der Waals surface area (Å²) in [6.07, 6.45) is 1.78. The van der Waals surface area contributed by atoms with E-state index in [0.717, 1.165) is 29.7 Å². The quantitative estimate of drug-likeness (QED) is 0.448. The topological polar surface area (TPSA) is 122 Å². The van der Waals surface area contributed by atoms with Crippen LogP contribution in [0.15, 0.2) is 47.4 Å². The summed E-state index contributed by atoms with van der Waals surface area (Å²) in [6.45, 7) is 2.31. The van der Waals surface area contributed by atoms with Crippen molar-refractivity contribution in [2.75, 3.05) is 44.3 Å². The zero-order valence-corrected chi connectivity index (χ0v) is 18.8. The van der Waals surface area contributed by atoms with Crippen LogP contribution in [0.4, 0.5) is 11.4 Å². The summed E-state index contributed by atoms with van der Waals surface area (Å²) >= 11 is 0. The summed E-state index contributed by atoms with van der Waals surface area (Å²) < 4.78 is 33.6. The van der Waals surface area contributed by atoms with Gasteiger partial charge in [-0.05, 0) is 31.0 Å². The minimum Gasteiger partial charge on any atom is -0.379 e. The number of anilines is 1. The number of hydrogen-bond donors (Lipinski definition) is 1. The van der Waals surface area contributed by atoms with Crippen molar-refractivity contribution in [3.63, 3.8) is 0 Å². The summed E-state index contributed by atoms with van der Waals surface area (Å²) in [5.74, 6) is 0.973. The second-order valence-electron chi connectivity index (χ2n) is 8.35. The van der Waals surface area contributed by atoms with E-state index in [9.17, 15) is 18.5 Å². The van der Waals surface area contributed by atoms with Gasteiger partial charge in [0.2, 0.25) is 10.0 Å². The van der Waals surface area contributed by atoms with Crippen LogP contribution in [0.5, 0.6) is 0 Å². The number of non-ortho nitro benzene ring substituents is 1. The number of sulfonamides is 1. The number of para-hydroxylation sites is 2. The van der Waals surface area contributed by atoms with Crippen LogP contribution in [0.1, 0.15) is 24.6 Å². The number of ether oxygens (including phenoxy) is 1. The fourth-order valence-corrected chi connectivity index (χ4v) is 6.23. The van der Waals surface area contributed by atoms with Gasteiger partial charge in [0.1, 0.15) is 10.7 Å². The van der Waals surface area contributed by atoms with E-state index < -0.39 is 14.9 Å². The Bertz CT molecular complexity index is 1250. The fraction of sp³-hybridized carbons (Fsp3) is 0.409. The van der Waals surface area contributed by atoms with Crippen molar-refractivity contribution in [2.45, 2.75) is 23.7 Å². The van der Waals surface area contributed by atoms with Gasteiger partial charge in [-0.15, -0.1) is 0 Å². The molecule has 3 heterocycles. The maximum atomic E-state index is 13.5. The van der Waals surface area contributed by atoms with E-state index in [0.29, 0.717) is 32.0 Å². The van der Waals surface area contributed by atoms with Crippen LogP contribution in [0.25, 0.3) is 11.0 Å². The zero-order chi connectivity index (χ0) is 23.0. The maximum absolute atomic E-state index is 13.5. The Morgan fingerprint density at radius 2 is 1.91 bits per heavy atom. The lowest BCUT2D eigenvalue weighted by Crippen LogP contribution is -2.42. The average molecular weight is 472 g/mol. The third kappa shape index (κ3) is 4.19. The van der Waals surface area contributed by atoms with Crippen molar-refractivity contribution in [1.82, 2.24) is 14.3 Å². The number of H-pyrrole nitrogens is 1. The van der Waals surface area contributed by atoms with E-state index in [2.05, 4.69) is 4.98 Å². The molecular weight excluding hydrogens is 446 g/mol. The molecule has 3 aromatic rings. The summed E-state index contributed by atoms with van der Waals surface area (Å²) in [5, 5.41) is 11.4. The second kappa shape index (κ2) is 8.73. The molecule has 0 spiro atoms. The molecule has 10 nitrogen and oxygen atoms in total. The second-order valence-corrected chi connectivity index (χ2v) is 10.3. The van der Waals surface area contributed by atoms with Gasteiger partial charge in [0.05, 0.1) is 34.9 Å². The molecule has 0 unspecified atom stereocenters. The van der Waals surface area contributed by atoms with E-state index in [-0.39, 0.29) is 29.6 Å². The van der Waals surface area contributed by atoms with Gasteiger partial charge in [0.15, 0.2) is 0 Å². The number of benzene rings is 2. The minimum atomic E-state index is -3.92. The first-order chi connectivity index (χ1) is 15.9. The van der Waals surface area contributed by atoms with Gasteiger partial charge in [-0.3, -0.25) is 10.1 Å². The smallest absolute Gasteiger partial charge is 0.270 e. The number of aromatic nitrogens is 2. The van der Waals surface area contributed by atoms with E-state index >= 15 is 0 Å². The molecule has 0 saturated carbocycles. The number of piperidine rings is 1. The van der Waals surface area contributed by atoms with Gasteiger partial charge >= 0.3 is 0 Å². The summed E-state index contributed by atoms with van der Waals surface area (Å²) in [6, 6.07) is 12.0. The van der Waals surface area contributed by atoms with Crippen LogP contribution in [0, 0.1) is 10.1 Å². The SMILES string of the molecule is O=[N+]([O-])c1ccc(N2CCC[C@@H](c3nc4ccccc4[nH]3)C2)c(S(=O)(=O)N2CCOCC2)c1. The predicted octanol–water partition coefficient (Wildman–Crippen LogP) is 2.88. The molecule has 5 rings (SSSR count). The van der Waals surface area contributed by atoms with E-state index in [1.807, 2.05) is 29.2 Å². The minimum absolute atomic E-state index is 0.0242. The number of morpholine rings is 1. The number of hydrogen-bond acceptors (Lipinski definition) is 7. The first kappa shape index (κ1) is 21.8. The molecule has 0 radical (unpaired) electrons. The highest BCUT2D eigenvalue weighted by Gasteiger charge is 2.33. The Hall–Kier alpha value is -3.02. The van der Waals surface area contributed by atoms with Crippen LogP contribution in [0.3, 0.4) is 0 Å². The molecule has 2 aliphatic rings. The third-order valence-electron chi connectivity index (χ3n) is 6.30. The Morgan fingerprint density at radius 3 is 2.67 bits per heavy atom. The van der Waals surface area contributed by atoms with E-state index in [1.54, 1.807) is 6.07 Å². The number of nitro benzene ring substituents is 1. The Morgan fingerprint density at radius 1 is 1.12 bits per heavy atom. The summed E-state index contributed by atoms with van der Waals surface area (Å²) in [7, 11) is -3.92. The van der Waals surface area contributed by atoms with Crippen LogP contribution in [-0.4, -0.2) is 67.0 Å². The molecule has 0 aliphatic carbocycles. The number of rotatable bonds is 5. The summed E-state index contributed by atoms with van der Waals surface area (Å²) in [5.41, 5.74) is 2.12. The molecule has 2 saturated heterocycles. The lowest BCUT2D eigenvalue weighted by atomic mass is 9.97. The van der Waals surface area contributed by atoms with Gasteiger partial charge in [-0.2, -0.15) is 4.31 Å². The van der Waals surface area contributed by atoms with Crippen LogP contribution in [0.2, 0.25) is 0 Å². The zero-order valence-electron chi connectivity index (χ0n) is 18.0. The number of nitrogens with zero attached hydrogens (tertiary/aromatic N) is 4. The normalized spacial score (nSPS) is 20.2. The molecule has 2 aliphatic heterocycles. The molecule has 2 fully saturated rings. The highest BCUT2D eigenvalue weighted by molar-refractivity contribution is 7.89. The van der Waals surface area contributed by atoms with Gasteiger partial charge in [-0.1, -0.05) is 12.1 Å². The first-order valence-corrected chi connectivity index (χ1v) is 12.4. The largest absolute Gasteiger partial charge is 0.379 e. The maximum Gasteiger partial charge on any atom is 0.270 e. The summed E-state index contributed by atoms with van der Waals surface area (Å²) in [4.78, 5) is 21.0. The fourth-order valence-electron chi connectivity index (χ4n) is 4.60. The number of nitrogens with one attached hydrogen (secondary N) is 1. The highest BCUT2D eigenvalue weighted by Crippen LogP contribution is 2.36. The van der Waals surface area contributed by atoms with Crippen LogP contribution in [-0.2, 0) is 14.8 Å². The van der Waals surface area contributed by atoms with Gasteiger partial charge < -0.3 is 14.6 Å². The Kier molecular flexibility index (Phi) is 5.77. The molecule has 1 atom stereocenters. The Balaban J connectivity index is 1.50. The molecule has 33 heavy (non-hydrogen) atoms. The lowest BCUT2D eigenvalue weighted by molar-refractivity contribution is -0.385. The molecule has 174 valence electrons. The lowest BCUT2D eigenvalue weighted by Gasteiger charge is -2.35. The standard InChI is InChI=1S/C22H25N5O5S/c28-27(29)17-7-8-20(21(14-17)33(30,31)26-10-12-32-13-11-26)25-9-3-4-16(15-25)22-23-18-5-1-2-6-19(18)24-22/h1-2,5-8,14,16H,3-4,9-13,15H2,(H,23,24)/t16-/m1/s1. The number of nitro groups is 1. The van der Waals surface area contributed by atoms with Gasteiger partial charge in [-0.25, -0.2) is 13.4 Å². The molecule has 0 bridgehead atoms. The van der Waals surface area contributed by atoms with Crippen molar-refractivity contribution in [2.24, 2.45) is 0 Å². The van der Waals surface area contributed by atoms with E-state index in [4.69, 9.17) is 9.72 Å². The monoisotopic (exact) mass is 471 g/mol. The molecule has 11 heteroatoms. The number of fused-ring (bicyclic) bond motifs is 1. The van der Waals surface area contributed by atoms with Crippen LogP contribution < -0.4 is 4.90 Å². The predicted molar refractivity (Wildman–Crippen MR) is 123 cm³/mol. The number of aromatic amines is 1. The molecule has 1 N–H and O–H groups in total. The molecular formula is C22H25N5O5S. The van der Waals surface area contributed by atoms with Crippen molar-refractivity contribution in [3.8, 4) is 0 Å². The molecule has 0 amide bonds.